The van der Waals surface area contributed by atoms with Crippen molar-refractivity contribution in [2.24, 2.45) is 58.2 Å². The molecular formula is C28H49NO7S. The minimum Gasteiger partial charge on any atom is -0.393 e. The van der Waals surface area contributed by atoms with Crippen LogP contribution < -0.4 is 5.32 Å². The number of rotatable bonds is 7. The van der Waals surface area contributed by atoms with Crippen LogP contribution >= 0.6 is 0 Å². The van der Waals surface area contributed by atoms with E-state index in [0.29, 0.717) is 12.8 Å². The molecule has 4 aliphatic rings. The van der Waals surface area contributed by atoms with Crippen LogP contribution in [0.2, 0.25) is 0 Å². The number of aliphatic hydroxyl groups excluding tert-OH is 3. The van der Waals surface area contributed by atoms with E-state index in [1.165, 1.54) is 0 Å². The number of carbonyl (C=O) groups excluding carboxylic acids is 1. The van der Waals surface area contributed by atoms with E-state index in [1.807, 2.05) is 6.92 Å². The third-order valence-electron chi connectivity index (χ3n) is 11.8. The number of aliphatic hydroxyl groups is 3. The summed E-state index contributed by atoms with van der Waals surface area (Å²) in [7, 11) is -4.12. The molecule has 13 atom stereocenters. The lowest BCUT2D eigenvalue weighted by atomic mass is 9.41. The number of hydrogen-bond donors (Lipinski definition) is 5. The van der Waals surface area contributed by atoms with E-state index < -0.39 is 28.1 Å². The van der Waals surface area contributed by atoms with E-state index in [2.05, 4.69) is 33.0 Å². The molecule has 0 aromatic heterocycles. The Kier molecular flexibility index (Phi) is 8.18. The molecule has 4 fully saturated rings. The van der Waals surface area contributed by atoms with Crippen LogP contribution in [-0.4, -0.2) is 64.8 Å². The molecule has 0 spiro atoms. The summed E-state index contributed by atoms with van der Waals surface area (Å²) in [5.74, 6) is 0.327. The van der Waals surface area contributed by atoms with Gasteiger partial charge in [0.05, 0.1) is 24.1 Å². The van der Waals surface area contributed by atoms with Gasteiger partial charge in [0.15, 0.2) is 0 Å². The second kappa shape index (κ2) is 10.3. The minimum atomic E-state index is -4.12. The fourth-order valence-corrected chi connectivity index (χ4v) is 10.2. The molecule has 0 radical (unpaired) electrons. The summed E-state index contributed by atoms with van der Waals surface area (Å²) in [6.45, 7) is 10.6. The first kappa shape index (κ1) is 29.2. The van der Waals surface area contributed by atoms with Gasteiger partial charge in [-0.3, -0.25) is 9.35 Å². The van der Waals surface area contributed by atoms with Crippen molar-refractivity contribution in [3.05, 3.63) is 0 Å². The molecule has 214 valence electrons. The van der Waals surface area contributed by atoms with Gasteiger partial charge >= 0.3 is 0 Å². The topological polar surface area (TPSA) is 144 Å². The first-order valence-electron chi connectivity index (χ1n) is 14.4. The van der Waals surface area contributed by atoms with Crippen LogP contribution in [0, 0.1) is 58.2 Å². The van der Waals surface area contributed by atoms with Gasteiger partial charge in [0.25, 0.3) is 10.1 Å². The van der Waals surface area contributed by atoms with Crippen LogP contribution in [0.1, 0.15) is 79.6 Å². The molecule has 5 N–H and O–H groups in total. The van der Waals surface area contributed by atoms with Crippen LogP contribution in [0.4, 0.5) is 0 Å². The summed E-state index contributed by atoms with van der Waals surface area (Å²) in [6, 6.07) is 0. The zero-order valence-corrected chi connectivity index (χ0v) is 24.0. The predicted molar refractivity (Wildman–Crippen MR) is 141 cm³/mol. The molecule has 5 unspecified atom stereocenters. The van der Waals surface area contributed by atoms with Gasteiger partial charge in [-0.25, -0.2) is 0 Å². The number of fused-ring (bicyclic) bond motifs is 5. The van der Waals surface area contributed by atoms with E-state index in [9.17, 15) is 28.5 Å². The molecule has 0 heterocycles. The molecule has 0 aromatic carbocycles. The first-order valence-corrected chi connectivity index (χ1v) is 16.0. The van der Waals surface area contributed by atoms with Crippen molar-refractivity contribution in [3.63, 3.8) is 0 Å². The van der Waals surface area contributed by atoms with Gasteiger partial charge in [-0.05, 0) is 97.2 Å². The molecule has 0 saturated heterocycles. The fourth-order valence-electron chi connectivity index (χ4n) is 9.89. The van der Waals surface area contributed by atoms with Gasteiger partial charge in [-0.1, -0.05) is 34.6 Å². The van der Waals surface area contributed by atoms with Crippen molar-refractivity contribution in [2.45, 2.75) is 97.9 Å². The highest BCUT2D eigenvalue weighted by Gasteiger charge is 2.67. The highest BCUT2D eigenvalue weighted by Crippen LogP contribution is 2.69. The Morgan fingerprint density at radius 1 is 1.03 bits per heavy atom. The number of amides is 1. The summed E-state index contributed by atoms with van der Waals surface area (Å²) in [6.07, 6.45) is 4.49. The SMILES string of the molecule is CC(C[C@@H](C)[C@H]1CCC2C3C(C[C@H](O)[C@@]21C)[C@@]1(C)CC[C@@H](O)CC1[C@@H](C)[C@@H]3O)C(=O)NCCS(=O)(=O)O. The quantitative estimate of drug-likeness (QED) is 0.311. The molecule has 0 aromatic rings. The minimum absolute atomic E-state index is 0.0171. The van der Waals surface area contributed by atoms with Gasteiger partial charge in [0.2, 0.25) is 5.91 Å². The van der Waals surface area contributed by atoms with Crippen molar-refractivity contribution < 1.29 is 33.1 Å². The third kappa shape index (κ3) is 5.12. The Labute approximate surface area is 222 Å². The van der Waals surface area contributed by atoms with Gasteiger partial charge in [-0.15, -0.1) is 0 Å². The fraction of sp³-hybridized carbons (Fsp3) is 0.964. The Hall–Kier alpha value is -0.740. The maximum absolute atomic E-state index is 12.6. The van der Waals surface area contributed by atoms with Crippen LogP contribution in [0.15, 0.2) is 0 Å². The summed E-state index contributed by atoms with van der Waals surface area (Å²) in [5, 5.41) is 36.4. The van der Waals surface area contributed by atoms with Crippen molar-refractivity contribution in [1.82, 2.24) is 5.32 Å². The van der Waals surface area contributed by atoms with Gasteiger partial charge in [0, 0.05) is 12.5 Å². The summed E-state index contributed by atoms with van der Waals surface area (Å²) >= 11 is 0. The van der Waals surface area contributed by atoms with E-state index in [-0.39, 0.29) is 76.7 Å². The lowest BCUT2D eigenvalue weighted by Gasteiger charge is -2.65. The third-order valence-corrected chi connectivity index (χ3v) is 12.6. The number of carbonyl (C=O) groups is 1. The average molecular weight is 544 g/mol. The zero-order valence-electron chi connectivity index (χ0n) is 23.1. The van der Waals surface area contributed by atoms with E-state index in [0.717, 1.165) is 32.1 Å². The second-order valence-electron chi connectivity index (χ2n) is 13.7. The Morgan fingerprint density at radius 3 is 2.35 bits per heavy atom. The van der Waals surface area contributed by atoms with E-state index >= 15 is 0 Å². The molecule has 4 saturated carbocycles. The molecule has 4 rings (SSSR count). The Bertz CT molecular complexity index is 958. The van der Waals surface area contributed by atoms with Crippen LogP contribution in [0.3, 0.4) is 0 Å². The standard InChI is InChI=1S/C28H49NO7S/c1-15(12-16(2)26(33)29-10-11-37(34,35)36)19-6-7-20-24-22(14-23(31)28(19,20)5)27(4)9-8-18(30)13-21(27)17(3)25(24)32/h15-25,30-32H,6-14H2,1-5H3,(H,29,33)(H,34,35,36)/t15-,16?,17-,18-,19-,20?,21?,22?,23+,24?,25+,27+,28-/m1/s1. The Balaban J connectivity index is 1.49. The summed E-state index contributed by atoms with van der Waals surface area (Å²) in [5.41, 5.74) is -0.316. The maximum Gasteiger partial charge on any atom is 0.266 e. The lowest BCUT2D eigenvalue weighted by molar-refractivity contribution is -0.225. The van der Waals surface area contributed by atoms with Crippen molar-refractivity contribution in [2.75, 3.05) is 12.3 Å². The summed E-state index contributed by atoms with van der Waals surface area (Å²) in [4.78, 5) is 12.6. The molecular weight excluding hydrogens is 494 g/mol. The molecule has 0 bridgehead atoms. The Morgan fingerprint density at radius 2 is 1.70 bits per heavy atom. The lowest BCUT2D eigenvalue weighted by Crippen LogP contribution is -2.64. The van der Waals surface area contributed by atoms with Crippen molar-refractivity contribution in [3.8, 4) is 0 Å². The predicted octanol–water partition coefficient (Wildman–Crippen LogP) is 2.86. The van der Waals surface area contributed by atoms with Gasteiger partial charge in [0.1, 0.15) is 0 Å². The van der Waals surface area contributed by atoms with Crippen LogP contribution in [0.25, 0.3) is 0 Å². The highest BCUT2D eigenvalue weighted by molar-refractivity contribution is 7.85. The molecule has 8 nitrogen and oxygen atoms in total. The summed E-state index contributed by atoms with van der Waals surface area (Å²) < 4.78 is 30.8. The van der Waals surface area contributed by atoms with E-state index in [1.54, 1.807) is 0 Å². The molecule has 37 heavy (non-hydrogen) atoms. The molecule has 0 aliphatic heterocycles. The average Bonchev–Trinajstić information content (AvgIpc) is 3.16. The second-order valence-corrected chi connectivity index (χ2v) is 15.2. The van der Waals surface area contributed by atoms with Gasteiger partial charge in [-0.2, -0.15) is 8.42 Å². The normalized spacial score (nSPS) is 47.3. The number of hydrogen-bond acceptors (Lipinski definition) is 6. The smallest absolute Gasteiger partial charge is 0.266 e. The van der Waals surface area contributed by atoms with Crippen molar-refractivity contribution in [1.29, 1.82) is 0 Å². The molecule has 4 aliphatic carbocycles. The number of nitrogens with one attached hydrogen (secondary N) is 1. The largest absolute Gasteiger partial charge is 0.393 e. The van der Waals surface area contributed by atoms with E-state index in [4.69, 9.17) is 4.55 Å². The van der Waals surface area contributed by atoms with Crippen molar-refractivity contribution >= 4 is 16.0 Å². The highest BCUT2D eigenvalue weighted by atomic mass is 32.2. The van der Waals surface area contributed by atoms with Crippen LogP contribution in [-0.2, 0) is 14.9 Å². The monoisotopic (exact) mass is 543 g/mol. The van der Waals surface area contributed by atoms with Gasteiger partial charge < -0.3 is 20.6 Å². The zero-order chi connectivity index (χ0) is 27.5. The van der Waals surface area contributed by atoms with Crippen LogP contribution in [0.5, 0.6) is 0 Å². The molecule has 1 amide bonds. The first-order chi connectivity index (χ1) is 17.1. The maximum atomic E-state index is 12.6. The molecule has 9 heteroatoms.